The highest BCUT2D eigenvalue weighted by Crippen LogP contribution is 2.19. The number of nitrogens with two attached hydrogens (primary N) is 1. The Morgan fingerprint density at radius 1 is 1.54 bits per heavy atom. The van der Waals surface area contributed by atoms with Gasteiger partial charge in [0.15, 0.2) is 0 Å². The zero-order valence-electron chi connectivity index (χ0n) is 8.32. The van der Waals surface area contributed by atoms with Crippen molar-refractivity contribution < 1.29 is 9.53 Å². The van der Waals surface area contributed by atoms with Gasteiger partial charge in [-0.1, -0.05) is 0 Å². The number of methoxy groups -OCH3 is 1. The number of rotatable bonds is 2. The molecule has 1 rings (SSSR count). The topological polar surface area (TPSA) is 55.6 Å². The zero-order chi connectivity index (χ0) is 9.84. The summed E-state index contributed by atoms with van der Waals surface area (Å²) >= 11 is 0. The standard InChI is InChI=1S/C9H18N2O2/c1-11-5-3-7(4-6-11)8(10)9(12)13-2/h7-8H,3-6,10H2,1-2H3. The van der Waals surface area contributed by atoms with Crippen LogP contribution in [0.15, 0.2) is 0 Å². The van der Waals surface area contributed by atoms with Crippen LogP contribution in [0, 0.1) is 5.92 Å². The summed E-state index contributed by atoms with van der Waals surface area (Å²) in [6.07, 6.45) is 1.99. The minimum Gasteiger partial charge on any atom is -0.468 e. The summed E-state index contributed by atoms with van der Waals surface area (Å²) in [5.41, 5.74) is 5.75. The molecule has 1 fully saturated rings. The molecule has 1 atom stereocenters. The van der Waals surface area contributed by atoms with E-state index in [0.29, 0.717) is 5.92 Å². The van der Waals surface area contributed by atoms with Crippen LogP contribution in [0.25, 0.3) is 0 Å². The molecule has 0 spiro atoms. The van der Waals surface area contributed by atoms with Gasteiger partial charge in [0.25, 0.3) is 0 Å². The van der Waals surface area contributed by atoms with Gasteiger partial charge in [0.1, 0.15) is 6.04 Å². The third-order valence-electron chi connectivity index (χ3n) is 2.74. The Morgan fingerprint density at radius 2 is 2.08 bits per heavy atom. The van der Waals surface area contributed by atoms with E-state index in [1.807, 2.05) is 0 Å². The lowest BCUT2D eigenvalue weighted by Gasteiger charge is -2.31. The van der Waals surface area contributed by atoms with Gasteiger partial charge in [-0.2, -0.15) is 0 Å². The van der Waals surface area contributed by atoms with Crippen LogP contribution in [-0.4, -0.2) is 44.2 Å². The van der Waals surface area contributed by atoms with Crippen molar-refractivity contribution in [3.8, 4) is 0 Å². The fraction of sp³-hybridized carbons (Fsp3) is 0.889. The summed E-state index contributed by atoms with van der Waals surface area (Å²) in [6, 6.07) is -0.432. The van der Waals surface area contributed by atoms with E-state index in [-0.39, 0.29) is 5.97 Å². The molecule has 1 unspecified atom stereocenters. The fourth-order valence-electron chi connectivity index (χ4n) is 1.72. The summed E-state index contributed by atoms with van der Waals surface area (Å²) in [7, 11) is 3.47. The number of esters is 1. The third-order valence-corrected chi connectivity index (χ3v) is 2.74. The van der Waals surface area contributed by atoms with Crippen LogP contribution in [0.1, 0.15) is 12.8 Å². The predicted molar refractivity (Wildman–Crippen MR) is 50.2 cm³/mol. The maximum absolute atomic E-state index is 11.1. The molecule has 1 aliphatic rings. The minimum atomic E-state index is -0.432. The van der Waals surface area contributed by atoms with Crippen molar-refractivity contribution in [2.75, 3.05) is 27.2 Å². The molecule has 76 valence electrons. The molecule has 0 saturated carbocycles. The fourth-order valence-corrected chi connectivity index (χ4v) is 1.72. The molecule has 0 aromatic rings. The van der Waals surface area contributed by atoms with Crippen molar-refractivity contribution in [2.24, 2.45) is 11.7 Å². The highest BCUT2D eigenvalue weighted by atomic mass is 16.5. The minimum absolute atomic E-state index is 0.283. The molecular weight excluding hydrogens is 168 g/mol. The van der Waals surface area contributed by atoms with Crippen LogP contribution in [0.2, 0.25) is 0 Å². The molecule has 2 N–H and O–H groups in total. The molecule has 0 aromatic carbocycles. The van der Waals surface area contributed by atoms with Gasteiger partial charge in [-0.15, -0.1) is 0 Å². The molecule has 4 nitrogen and oxygen atoms in total. The van der Waals surface area contributed by atoms with Crippen LogP contribution >= 0.6 is 0 Å². The number of nitrogens with zero attached hydrogens (tertiary/aromatic N) is 1. The second-order valence-electron chi connectivity index (χ2n) is 3.69. The first kappa shape index (κ1) is 10.5. The normalized spacial score (nSPS) is 22.7. The monoisotopic (exact) mass is 186 g/mol. The van der Waals surface area contributed by atoms with E-state index in [0.717, 1.165) is 25.9 Å². The van der Waals surface area contributed by atoms with E-state index in [9.17, 15) is 4.79 Å². The molecule has 4 heteroatoms. The molecular formula is C9H18N2O2. The Hall–Kier alpha value is -0.610. The lowest BCUT2D eigenvalue weighted by molar-refractivity contribution is -0.143. The summed E-state index contributed by atoms with van der Waals surface area (Å²) < 4.78 is 4.61. The first-order valence-electron chi connectivity index (χ1n) is 4.67. The maximum atomic E-state index is 11.1. The summed E-state index contributed by atoms with van der Waals surface area (Å²) in [6.45, 7) is 2.05. The molecule has 1 heterocycles. The summed E-state index contributed by atoms with van der Waals surface area (Å²) in [5, 5.41) is 0. The summed E-state index contributed by atoms with van der Waals surface area (Å²) in [4.78, 5) is 13.4. The number of ether oxygens (including phenoxy) is 1. The van der Waals surface area contributed by atoms with E-state index in [1.54, 1.807) is 0 Å². The number of hydrogen-bond donors (Lipinski definition) is 1. The van der Waals surface area contributed by atoms with Gasteiger partial charge in [0.2, 0.25) is 0 Å². The van der Waals surface area contributed by atoms with E-state index >= 15 is 0 Å². The molecule has 0 amide bonds. The lowest BCUT2D eigenvalue weighted by Crippen LogP contribution is -2.44. The third kappa shape index (κ3) is 2.67. The Morgan fingerprint density at radius 3 is 2.54 bits per heavy atom. The average molecular weight is 186 g/mol. The van der Waals surface area contributed by atoms with Gasteiger partial charge in [0.05, 0.1) is 7.11 Å². The van der Waals surface area contributed by atoms with Crippen LogP contribution in [0.5, 0.6) is 0 Å². The number of piperidine rings is 1. The number of carbonyl (C=O) groups excluding carboxylic acids is 1. The van der Waals surface area contributed by atoms with Crippen molar-refractivity contribution in [2.45, 2.75) is 18.9 Å². The van der Waals surface area contributed by atoms with E-state index < -0.39 is 6.04 Å². The van der Waals surface area contributed by atoms with E-state index in [4.69, 9.17) is 5.73 Å². The van der Waals surface area contributed by atoms with Crippen molar-refractivity contribution in [3.63, 3.8) is 0 Å². The molecule has 1 aliphatic heterocycles. The highest BCUT2D eigenvalue weighted by molar-refractivity contribution is 5.75. The molecule has 0 aliphatic carbocycles. The molecule has 0 aromatic heterocycles. The molecule has 1 saturated heterocycles. The van der Waals surface area contributed by atoms with E-state index in [1.165, 1.54) is 7.11 Å². The molecule has 0 radical (unpaired) electrons. The van der Waals surface area contributed by atoms with Crippen LogP contribution < -0.4 is 5.73 Å². The maximum Gasteiger partial charge on any atom is 0.322 e. The lowest BCUT2D eigenvalue weighted by atomic mass is 9.90. The molecule has 0 bridgehead atoms. The van der Waals surface area contributed by atoms with Gasteiger partial charge in [-0.05, 0) is 38.9 Å². The Labute approximate surface area is 79.0 Å². The average Bonchev–Trinajstić information content (AvgIpc) is 2.17. The van der Waals surface area contributed by atoms with Crippen LogP contribution in [-0.2, 0) is 9.53 Å². The van der Waals surface area contributed by atoms with Crippen LogP contribution in [0.4, 0.5) is 0 Å². The smallest absolute Gasteiger partial charge is 0.322 e. The van der Waals surface area contributed by atoms with Crippen molar-refractivity contribution in [1.82, 2.24) is 4.90 Å². The van der Waals surface area contributed by atoms with Gasteiger partial charge >= 0.3 is 5.97 Å². The highest BCUT2D eigenvalue weighted by Gasteiger charge is 2.27. The number of carbonyl (C=O) groups is 1. The van der Waals surface area contributed by atoms with E-state index in [2.05, 4.69) is 16.7 Å². The summed E-state index contributed by atoms with van der Waals surface area (Å²) in [5.74, 6) is 0.0122. The van der Waals surface area contributed by atoms with Gasteiger partial charge in [-0.25, -0.2) is 0 Å². The van der Waals surface area contributed by atoms with Gasteiger partial charge in [-0.3, -0.25) is 4.79 Å². The zero-order valence-corrected chi connectivity index (χ0v) is 8.32. The molecule has 13 heavy (non-hydrogen) atoms. The number of hydrogen-bond acceptors (Lipinski definition) is 4. The van der Waals surface area contributed by atoms with Gasteiger partial charge < -0.3 is 15.4 Å². The Kier molecular flexibility index (Phi) is 3.69. The second kappa shape index (κ2) is 4.58. The van der Waals surface area contributed by atoms with Crippen molar-refractivity contribution in [1.29, 1.82) is 0 Å². The van der Waals surface area contributed by atoms with Crippen molar-refractivity contribution in [3.05, 3.63) is 0 Å². The predicted octanol–water partition coefficient (Wildman–Crippen LogP) is -0.171. The Balaban J connectivity index is 2.39. The van der Waals surface area contributed by atoms with Gasteiger partial charge in [0, 0.05) is 0 Å². The quantitative estimate of drug-likeness (QED) is 0.608. The Bertz CT molecular complexity index is 176. The van der Waals surface area contributed by atoms with Crippen LogP contribution in [0.3, 0.4) is 0 Å². The number of likely N-dealkylation sites (tertiary alicyclic amines) is 1. The van der Waals surface area contributed by atoms with Crippen molar-refractivity contribution >= 4 is 5.97 Å². The first-order chi connectivity index (χ1) is 6.15. The SMILES string of the molecule is COC(=O)C(N)C1CCN(C)CC1. The largest absolute Gasteiger partial charge is 0.468 e. The second-order valence-corrected chi connectivity index (χ2v) is 3.69. The first-order valence-corrected chi connectivity index (χ1v) is 4.67.